The van der Waals surface area contributed by atoms with Crippen LogP contribution >= 0.6 is 0 Å². The van der Waals surface area contributed by atoms with Crippen molar-refractivity contribution in [2.45, 2.75) is 25.8 Å². The van der Waals surface area contributed by atoms with Crippen molar-refractivity contribution in [2.24, 2.45) is 0 Å². The van der Waals surface area contributed by atoms with E-state index in [-0.39, 0.29) is 11.9 Å². The highest BCUT2D eigenvalue weighted by Crippen LogP contribution is 2.28. The minimum atomic E-state index is -0.0683. The summed E-state index contributed by atoms with van der Waals surface area (Å²) in [5.41, 5.74) is 4.87. The van der Waals surface area contributed by atoms with E-state index in [1.54, 1.807) is 6.08 Å². The van der Waals surface area contributed by atoms with E-state index in [1.807, 2.05) is 43.3 Å². The molecule has 1 aliphatic rings. The quantitative estimate of drug-likeness (QED) is 0.865. The fraction of sp³-hybridized carbons (Fsp3) is 0.286. The van der Waals surface area contributed by atoms with Gasteiger partial charge in [0.15, 0.2) is 0 Å². The van der Waals surface area contributed by atoms with Crippen LogP contribution in [0, 0.1) is 0 Å². The number of carbonyl (C=O) groups excluding carboxylic acids is 1. The number of hydrogen-bond donors (Lipinski definition) is 1. The van der Waals surface area contributed by atoms with Gasteiger partial charge < -0.3 is 10.2 Å². The highest BCUT2D eigenvalue weighted by Gasteiger charge is 2.16. The molecule has 1 amide bonds. The number of fused-ring (bicyclic) bond motifs is 1. The van der Waals surface area contributed by atoms with Crippen LogP contribution in [0.1, 0.15) is 36.1 Å². The third-order valence-electron chi connectivity index (χ3n) is 4.54. The Labute approximate surface area is 144 Å². The Balaban J connectivity index is 1.65. The Bertz CT molecular complexity index is 737. The molecule has 0 bridgehead atoms. The number of amides is 1. The number of carbonyl (C=O) groups is 1. The molecule has 24 heavy (non-hydrogen) atoms. The molecule has 0 fully saturated rings. The van der Waals surface area contributed by atoms with Gasteiger partial charge in [-0.05, 0) is 48.6 Å². The molecule has 2 aromatic rings. The molecule has 0 saturated carbocycles. The second-order valence-corrected chi connectivity index (χ2v) is 6.39. The van der Waals surface area contributed by atoms with Gasteiger partial charge in [-0.1, -0.05) is 42.5 Å². The van der Waals surface area contributed by atoms with Gasteiger partial charge in [0.25, 0.3) is 0 Å². The molecular formula is C21H24N2O. The zero-order valence-electron chi connectivity index (χ0n) is 14.3. The highest BCUT2D eigenvalue weighted by atomic mass is 16.1. The zero-order chi connectivity index (χ0) is 16.9. The van der Waals surface area contributed by atoms with E-state index in [9.17, 15) is 4.79 Å². The topological polar surface area (TPSA) is 32.3 Å². The molecule has 1 aliphatic heterocycles. The molecule has 0 aromatic heterocycles. The molecule has 1 unspecified atom stereocenters. The van der Waals surface area contributed by atoms with Crippen LogP contribution in [-0.2, 0) is 11.2 Å². The monoisotopic (exact) mass is 320 g/mol. The van der Waals surface area contributed by atoms with E-state index in [1.165, 1.54) is 17.7 Å². The Morgan fingerprint density at radius 1 is 1.21 bits per heavy atom. The Morgan fingerprint density at radius 3 is 2.79 bits per heavy atom. The highest BCUT2D eigenvalue weighted by molar-refractivity contribution is 5.91. The molecule has 0 spiro atoms. The zero-order valence-corrected chi connectivity index (χ0v) is 14.3. The largest absolute Gasteiger partial charge is 0.374 e. The fourth-order valence-corrected chi connectivity index (χ4v) is 3.16. The van der Waals surface area contributed by atoms with Crippen molar-refractivity contribution in [3.8, 4) is 0 Å². The number of nitrogens with zero attached hydrogens (tertiary/aromatic N) is 1. The maximum Gasteiger partial charge on any atom is 0.244 e. The number of hydrogen-bond acceptors (Lipinski definition) is 2. The Morgan fingerprint density at radius 2 is 2.00 bits per heavy atom. The average molecular weight is 320 g/mol. The molecule has 1 heterocycles. The molecule has 2 aromatic carbocycles. The number of benzene rings is 2. The summed E-state index contributed by atoms with van der Waals surface area (Å²) < 4.78 is 0. The molecule has 0 aliphatic carbocycles. The van der Waals surface area contributed by atoms with Crippen LogP contribution in [0.2, 0.25) is 0 Å². The van der Waals surface area contributed by atoms with Gasteiger partial charge in [-0.3, -0.25) is 4.79 Å². The van der Waals surface area contributed by atoms with Gasteiger partial charge in [-0.2, -0.15) is 0 Å². The molecule has 0 radical (unpaired) electrons. The first kappa shape index (κ1) is 16.3. The van der Waals surface area contributed by atoms with Crippen LogP contribution in [0.4, 0.5) is 5.69 Å². The molecule has 1 N–H and O–H groups in total. The minimum Gasteiger partial charge on any atom is -0.374 e. The van der Waals surface area contributed by atoms with E-state index in [4.69, 9.17) is 0 Å². The lowest BCUT2D eigenvalue weighted by Crippen LogP contribution is -2.27. The van der Waals surface area contributed by atoms with Crippen LogP contribution in [0.15, 0.2) is 54.6 Å². The van der Waals surface area contributed by atoms with Gasteiger partial charge in [0.2, 0.25) is 5.91 Å². The molecule has 3 nitrogen and oxygen atoms in total. The lowest BCUT2D eigenvalue weighted by Gasteiger charge is -2.28. The first-order chi connectivity index (χ1) is 11.6. The van der Waals surface area contributed by atoms with E-state index < -0.39 is 0 Å². The molecular weight excluding hydrogens is 296 g/mol. The summed E-state index contributed by atoms with van der Waals surface area (Å²) in [6, 6.07) is 16.4. The van der Waals surface area contributed by atoms with Crippen molar-refractivity contribution in [1.29, 1.82) is 0 Å². The first-order valence-electron chi connectivity index (χ1n) is 8.51. The number of anilines is 1. The molecule has 3 heteroatoms. The lowest BCUT2D eigenvalue weighted by molar-refractivity contribution is -0.117. The van der Waals surface area contributed by atoms with Crippen molar-refractivity contribution >= 4 is 17.7 Å². The number of rotatable bonds is 4. The normalized spacial score (nSPS) is 15.2. The van der Waals surface area contributed by atoms with E-state index >= 15 is 0 Å². The second kappa shape index (κ2) is 7.35. The summed E-state index contributed by atoms with van der Waals surface area (Å²) in [6.07, 6.45) is 5.73. The van der Waals surface area contributed by atoms with Crippen LogP contribution in [-0.4, -0.2) is 19.5 Å². The van der Waals surface area contributed by atoms with E-state index in [0.717, 1.165) is 24.1 Å². The van der Waals surface area contributed by atoms with Crippen LogP contribution < -0.4 is 10.2 Å². The Hall–Kier alpha value is -2.55. The average Bonchev–Trinajstić information content (AvgIpc) is 2.61. The van der Waals surface area contributed by atoms with Crippen LogP contribution in [0.3, 0.4) is 0 Å². The predicted molar refractivity (Wildman–Crippen MR) is 100 cm³/mol. The number of aryl methyl sites for hydroxylation is 1. The summed E-state index contributed by atoms with van der Waals surface area (Å²) in [5.74, 6) is -0.0683. The summed E-state index contributed by atoms with van der Waals surface area (Å²) in [7, 11) is 2.14. The third-order valence-corrected chi connectivity index (χ3v) is 4.54. The smallest absolute Gasteiger partial charge is 0.244 e. The van der Waals surface area contributed by atoms with Gasteiger partial charge in [0.05, 0.1) is 6.04 Å². The van der Waals surface area contributed by atoms with E-state index in [2.05, 4.69) is 35.5 Å². The van der Waals surface area contributed by atoms with Crippen molar-refractivity contribution in [1.82, 2.24) is 5.32 Å². The maximum atomic E-state index is 12.1. The first-order valence-corrected chi connectivity index (χ1v) is 8.51. The predicted octanol–water partition coefficient (Wildman–Crippen LogP) is 3.96. The van der Waals surface area contributed by atoms with Crippen LogP contribution in [0.5, 0.6) is 0 Å². The summed E-state index contributed by atoms with van der Waals surface area (Å²) >= 11 is 0. The van der Waals surface area contributed by atoms with Crippen molar-refractivity contribution in [2.75, 3.05) is 18.5 Å². The SMILES string of the molecule is CC(NC(=O)/C=C/c1ccccc1)c1ccc2c(c1)CCCN2C. The number of nitrogens with one attached hydrogen (secondary N) is 1. The fourth-order valence-electron chi connectivity index (χ4n) is 3.16. The molecule has 3 rings (SSSR count). The van der Waals surface area contributed by atoms with Gasteiger partial charge in [0.1, 0.15) is 0 Å². The maximum absolute atomic E-state index is 12.1. The van der Waals surface area contributed by atoms with Crippen molar-refractivity contribution in [3.05, 3.63) is 71.3 Å². The summed E-state index contributed by atoms with van der Waals surface area (Å²) in [5, 5.41) is 3.05. The molecule has 0 saturated heterocycles. The van der Waals surface area contributed by atoms with Gasteiger partial charge in [-0.15, -0.1) is 0 Å². The second-order valence-electron chi connectivity index (χ2n) is 6.39. The van der Waals surface area contributed by atoms with Gasteiger partial charge in [0, 0.05) is 25.4 Å². The standard InChI is InChI=1S/C21H24N2O/c1-16(22-21(24)13-10-17-7-4-3-5-8-17)18-11-12-20-19(15-18)9-6-14-23(20)2/h3-5,7-8,10-13,15-16H,6,9,14H2,1-2H3,(H,22,24)/b13-10+. The summed E-state index contributed by atoms with van der Waals surface area (Å²) in [6.45, 7) is 3.14. The third kappa shape index (κ3) is 3.85. The van der Waals surface area contributed by atoms with Crippen LogP contribution in [0.25, 0.3) is 6.08 Å². The van der Waals surface area contributed by atoms with Crippen molar-refractivity contribution in [3.63, 3.8) is 0 Å². The molecule has 1 atom stereocenters. The Kier molecular flexibility index (Phi) is 4.99. The summed E-state index contributed by atoms with van der Waals surface area (Å²) in [4.78, 5) is 14.4. The van der Waals surface area contributed by atoms with Gasteiger partial charge >= 0.3 is 0 Å². The molecule has 124 valence electrons. The van der Waals surface area contributed by atoms with Crippen molar-refractivity contribution < 1.29 is 4.79 Å². The lowest BCUT2D eigenvalue weighted by atomic mass is 9.97. The van der Waals surface area contributed by atoms with Gasteiger partial charge in [-0.25, -0.2) is 0 Å². The van der Waals surface area contributed by atoms with E-state index in [0.29, 0.717) is 0 Å². The minimum absolute atomic E-state index is 0.00421.